The average molecular weight is 318 g/mol. The molecule has 0 amide bonds. The third-order valence-corrected chi connectivity index (χ3v) is 4.19. The van der Waals surface area contributed by atoms with Gasteiger partial charge in [-0.05, 0) is 47.2 Å². The van der Waals surface area contributed by atoms with Gasteiger partial charge in [-0.25, -0.2) is 8.78 Å². The van der Waals surface area contributed by atoms with Gasteiger partial charge in [-0.2, -0.15) is 0 Å². The number of hydrogen-bond donors (Lipinski definition) is 1. The molecule has 1 heterocycles. The third kappa shape index (κ3) is 2.73. The molecule has 17 heavy (non-hydrogen) atoms. The molecule has 2 aromatic rings. The molecule has 0 aliphatic carbocycles. The molecule has 0 aliphatic heterocycles. The topological polar surface area (TPSA) is 12.0 Å². The van der Waals surface area contributed by atoms with Crippen molar-refractivity contribution >= 4 is 27.3 Å². The Labute approximate surface area is 111 Å². The molecule has 0 fully saturated rings. The van der Waals surface area contributed by atoms with Crippen molar-refractivity contribution in [3.8, 4) is 0 Å². The van der Waals surface area contributed by atoms with Crippen LogP contribution in [0.4, 0.5) is 8.78 Å². The molecule has 0 radical (unpaired) electrons. The van der Waals surface area contributed by atoms with Crippen LogP contribution in [0.25, 0.3) is 0 Å². The summed E-state index contributed by atoms with van der Waals surface area (Å²) in [4.78, 5) is 0.934. The van der Waals surface area contributed by atoms with Crippen molar-refractivity contribution in [1.82, 2.24) is 5.32 Å². The minimum Gasteiger partial charge on any atom is -0.309 e. The summed E-state index contributed by atoms with van der Waals surface area (Å²) in [6, 6.07) is 5.07. The predicted octanol–water partition coefficient (Wildman–Crippen LogP) is 4.10. The Morgan fingerprint density at radius 2 is 2.06 bits per heavy atom. The van der Waals surface area contributed by atoms with Crippen molar-refractivity contribution in [2.45, 2.75) is 6.04 Å². The zero-order chi connectivity index (χ0) is 12.4. The van der Waals surface area contributed by atoms with Crippen LogP contribution in [0.5, 0.6) is 0 Å². The van der Waals surface area contributed by atoms with Gasteiger partial charge in [0.25, 0.3) is 0 Å². The lowest BCUT2D eigenvalue weighted by atomic mass is 10.0. The lowest BCUT2D eigenvalue weighted by molar-refractivity contribution is 0.560. The Hall–Kier alpha value is -0.780. The largest absolute Gasteiger partial charge is 0.309 e. The molecule has 1 aromatic heterocycles. The predicted molar refractivity (Wildman–Crippen MR) is 69.3 cm³/mol. The second kappa shape index (κ2) is 5.25. The van der Waals surface area contributed by atoms with Gasteiger partial charge in [0.05, 0.1) is 6.04 Å². The molecule has 0 saturated heterocycles. The minimum absolute atomic E-state index is 0.321. The number of hydrogen-bond acceptors (Lipinski definition) is 2. The zero-order valence-electron chi connectivity index (χ0n) is 9.01. The third-order valence-electron chi connectivity index (χ3n) is 2.43. The van der Waals surface area contributed by atoms with E-state index in [9.17, 15) is 8.78 Å². The van der Waals surface area contributed by atoms with Gasteiger partial charge in [0.1, 0.15) is 11.6 Å². The monoisotopic (exact) mass is 317 g/mol. The van der Waals surface area contributed by atoms with Gasteiger partial charge in [-0.1, -0.05) is 0 Å². The van der Waals surface area contributed by atoms with Gasteiger partial charge in [-0.15, -0.1) is 11.3 Å². The first kappa shape index (κ1) is 12.7. The Balaban J connectivity index is 2.45. The minimum atomic E-state index is -0.433. The van der Waals surface area contributed by atoms with Crippen LogP contribution in [0.3, 0.4) is 0 Å². The van der Waals surface area contributed by atoms with Crippen LogP contribution in [0.2, 0.25) is 0 Å². The van der Waals surface area contributed by atoms with Crippen molar-refractivity contribution in [3.63, 3.8) is 0 Å². The molecule has 0 bridgehead atoms. The van der Waals surface area contributed by atoms with E-state index in [1.165, 1.54) is 17.4 Å². The second-order valence-electron chi connectivity index (χ2n) is 3.55. The van der Waals surface area contributed by atoms with Gasteiger partial charge < -0.3 is 5.32 Å². The summed E-state index contributed by atoms with van der Waals surface area (Å²) in [5.74, 6) is -0.840. The Morgan fingerprint density at radius 3 is 2.65 bits per heavy atom. The van der Waals surface area contributed by atoms with Crippen molar-refractivity contribution in [1.29, 1.82) is 0 Å². The molecule has 5 heteroatoms. The van der Waals surface area contributed by atoms with E-state index in [0.29, 0.717) is 5.56 Å². The standard InChI is InChI=1S/C12H10BrF2NS/c1-16-12(11-4-7(13)6-17-11)9-5-8(14)2-3-10(9)15/h2-6,12,16H,1H3. The highest BCUT2D eigenvalue weighted by atomic mass is 79.9. The summed E-state index contributed by atoms with van der Waals surface area (Å²) < 4.78 is 27.8. The smallest absolute Gasteiger partial charge is 0.128 e. The highest BCUT2D eigenvalue weighted by Gasteiger charge is 2.18. The van der Waals surface area contributed by atoms with Gasteiger partial charge in [0.2, 0.25) is 0 Å². The van der Waals surface area contributed by atoms with E-state index in [1.807, 2.05) is 11.4 Å². The van der Waals surface area contributed by atoms with Crippen LogP contribution in [0.1, 0.15) is 16.5 Å². The van der Waals surface area contributed by atoms with Crippen LogP contribution in [-0.2, 0) is 0 Å². The van der Waals surface area contributed by atoms with Crippen molar-refractivity contribution in [2.24, 2.45) is 0 Å². The number of thiophene rings is 1. The van der Waals surface area contributed by atoms with E-state index >= 15 is 0 Å². The first-order valence-corrected chi connectivity index (χ1v) is 6.65. The lowest BCUT2D eigenvalue weighted by Crippen LogP contribution is -2.18. The molecular formula is C12H10BrF2NS. The molecule has 1 unspecified atom stereocenters. The molecule has 90 valence electrons. The van der Waals surface area contributed by atoms with Gasteiger partial charge in [-0.3, -0.25) is 0 Å². The molecular weight excluding hydrogens is 308 g/mol. The molecule has 2 rings (SSSR count). The normalized spacial score (nSPS) is 12.7. The van der Waals surface area contributed by atoms with Crippen molar-refractivity contribution in [2.75, 3.05) is 7.05 Å². The van der Waals surface area contributed by atoms with Crippen LogP contribution in [0.15, 0.2) is 34.1 Å². The van der Waals surface area contributed by atoms with E-state index in [4.69, 9.17) is 0 Å². The summed E-state index contributed by atoms with van der Waals surface area (Å²) in [6.07, 6.45) is 0. The quantitative estimate of drug-likeness (QED) is 0.898. The summed E-state index contributed by atoms with van der Waals surface area (Å²) in [6.45, 7) is 0. The number of benzene rings is 1. The van der Waals surface area contributed by atoms with E-state index in [1.54, 1.807) is 7.05 Å². The first-order valence-electron chi connectivity index (χ1n) is 4.98. The van der Waals surface area contributed by atoms with Gasteiger partial charge in [0, 0.05) is 20.3 Å². The lowest BCUT2D eigenvalue weighted by Gasteiger charge is -2.15. The summed E-state index contributed by atoms with van der Waals surface area (Å²) in [5.41, 5.74) is 0.321. The Bertz CT molecular complexity index is 527. The SMILES string of the molecule is CNC(c1cc(Br)cs1)c1cc(F)ccc1F. The van der Waals surface area contributed by atoms with Crippen LogP contribution < -0.4 is 5.32 Å². The van der Waals surface area contributed by atoms with Crippen LogP contribution in [0, 0.1) is 11.6 Å². The second-order valence-corrected chi connectivity index (χ2v) is 5.41. The van der Waals surface area contributed by atoms with Crippen molar-refractivity contribution in [3.05, 3.63) is 56.2 Å². The molecule has 0 aliphatic rings. The van der Waals surface area contributed by atoms with Crippen LogP contribution in [-0.4, -0.2) is 7.05 Å². The molecule has 1 N–H and O–H groups in total. The molecule has 0 saturated carbocycles. The number of halogens is 3. The fraction of sp³-hybridized carbons (Fsp3) is 0.167. The molecule has 1 nitrogen and oxygen atoms in total. The van der Waals surface area contributed by atoms with Crippen molar-refractivity contribution < 1.29 is 8.78 Å². The maximum absolute atomic E-state index is 13.7. The molecule has 1 aromatic carbocycles. The summed E-state index contributed by atoms with van der Waals surface area (Å²) >= 11 is 4.84. The Kier molecular flexibility index (Phi) is 3.91. The number of nitrogens with one attached hydrogen (secondary N) is 1. The summed E-state index contributed by atoms with van der Waals surface area (Å²) in [7, 11) is 1.72. The van der Waals surface area contributed by atoms with E-state index < -0.39 is 11.6 Å². The van der Waals surface area contributed by atoms with Crippen LogP contribution >= 0.6 is 27.3 Å². The fourth-order valence-electron chi connectivity index (χ4n) is 1.67. The summed E-state index contributed by atoms with van der Waals surface area (Å²) in [5, 5.41) is 4.91. The Morgan fingerprint density at radius 1 is 1.29 bits per heavy atom. The van der Waals surface area contributed by atoms with Gasteiger partial charge >= 0.3 is 0 Å². The van der Waals surface area contributed by atoms with E-state index in [0.717, 1.165) is 21.5 Å². The highest BCUT2D eigenvalue weighted by molar-refractivity contribution is 9.10. The number of rotatable bonds is 3. The maximum atomic E-state index is 13.7. The zero-order valence-corrected chi connectivity index (χ0v) is 11.4. The van der Waals surface area contributed by atoms with E-state index in [2.05, 4.69) is 21.2 Å². The highest BCUT2D eigenvalue weighted by Crippen LogP contribution is 2.31. The fourth-order valence-corrected chi connectivity index (χ4v) is 3.24. The molecule has 0 spiro atoms. The first-order chi connectivity index (χ1) is 8.11. The molecule has 1 atom stereocenters. The maximum Gasteiger partial charge on any atom is 0.128 e. The average Bonchev–Trinajstić information content (AvgIpc) is 2.71. The van der Waals surface area contributed by atoms with E-state index in [-0.39, 0.29) is 6.04 Å². The van der Waals surface area contributed by atoms with Gasteiger partial charge in [0.15, 0.2) is 0 Å².